The van der Waals surface area contributed by atoms with Crippen LogP contribution in [0.1, 0.15) is 5.56 Å². The lowest BCUT2D eigenvalue weighted by atomic mass is 10.2. The van der Waals surface area contributed by atoms with Crippen LogP contribution < -0.4 is 14.8 Å². The van der Waals surface area contributed by atoms with Crippen molar-refractivity contribution in [1.29, 1.82) is 0 Å². The molecule has 0 radical (unpaired) electrons. The predicted octanol–water partition coefficient (Wildman–Crippen LogP) is 3.19. The van der Waals surface area contributed by atoms with Gasteiger partial charge in [-0.3, -0.25) is 0 Å². The molecule has 0 spiro atoms. The molecule has 0 unspecified atom stereocenters. The third kappa shape index (κ3) is 3.96. The first-order valence-electron chi connectivity index (χ1n) is 7.48. The van der Waals surface area contributed by atoms with Crippen LogP contribution in [0.15, 0.2) is 42.7 Å². The van der Waals surface area contributed by atoms with Crippen LogP contribution in [0.5, 0.6) is 11.5 Å². The Morgan fingerprint density at radius 3 is 2.32 bits per heavy atom. The van der Waals surface area contributed by atoms with Crippen molar-refractivity contribution in [2.24, 2.45) is 0 Å². The van der Waals surface area contributed by atoms with Gasteiger partial charge in [0.2, 0.25) is 0 Å². The second kappa shape index (κ2) is 7.61. The lowest BCUT2D eigenvalue weighted by Crippen LogP contribution is -1.98. The van der Waals surface area contributed by atoms with Gasteiger partial charge < -0.3 is 24.6 Å². The van der Waals surface area contributed by atoms with Crippen LogP contribution in [0.4, 0.5) is 11.5 Å². The molecular weight excluding hydrogens is 341 g/mol. The van der Waals surface area contributed by atoms with Gasteiger partial charge in [-0.1, -0.05) is 12.1 Å². The van der Waals surface area contributed by atoms with Gasteiger partial charge in [-0.2, -0.15) is 0 Å². The topological polar surface area (TPSA) is 96.7 Å². The largest absolute Gasteiger partial charge is 0.493 e. The molecule has 0 saturated heterocycles. The molecule has 2 aromatic carbocycles. The lowest BCUT2D eigenvalue weighted by Gasteiger charge is -2.12. The number of fused-ring (bicyclic) bond motifs is 1. The van der Waals surface area contributed by atoms with Gasteiger partial charge in [0.05, 0.1) is 19.7 Å². The van der Waals surface area contributed by atoms with Crippen LogP contribution in [-0.2, 0) is 6.16 Å². The zero-order chi connectivity index (χ0) is 17.8. The molecule has 3 N–H and O–H groups in total. The highest BCUT2D eigenvalue weighted by Gasteiger charge is 2.11. The average molecular weight is 359 g/mol. The van der Waals surface area contributed by atoms with Crippen molar-refractivity contribution in [1.82, 2.24) is 9.97 Å². The maximum atomic E-state index is 9.09. The normalized spacial score (nSPS) is 10.9. The molecule has 0 saturated carbocycles. The van der Waals surface area contributed by atoms with Gasteiger partial charge >= 0.3 is 0 Å². The highest BCUT2D eigenvalue weighted by Crippen LogP contribution is 2.34. The Kier molecular flexibility index (Phi) is 5.28. The summed E-state index contributed by atoms with van der Waals surface area (Å²) in [5.74, 6) is 1.85. The first-order chi connectivity index (χ1) is 12.1. The van der Waals surface area contributed by atoms with Gasteiger partial charge in [-0.05, 0) is 23.8 Å². The summed E-state index contributed by atoms with van der Waals surface area (Å²) in [5.41, 5.74) is 2.43. The number of anilines is 2. The predicted molar refractivity (Wildman–Crippen MR) is 97.4 cm³/mol. The van der Waals surface area contributed by atoms with Gasteiger partial charge in [0.25, 0.3) is 0 Å². The van der Waals surface area contributed by atoms with Crippen LogP contribution in [0.25, 0.3) is 10.9 Å². The summed E-state index contributed by atoms with van der Waals surface area (Å²) in [6.07, 6.45) is 1.73. The van der Waals surface area contributed by atoms with Crippen molar-refractivity contribution < 1.29 is 19.3 Å². The smallest absolute Gasteiger partial charge is 0.169 e. The SMILES string of the molecule is COc1cc2ncnc(Nc3ccc(CP(O)O)cc3)c2cc1OC. The average Bonchev–Trinajstić information content (AvgIpc) is 2.62. The fraction of sp³-hybridized carbons (Fsp3) is 0.176. The van der Waals surface area contributed by atoms with E-state index < -0.39 is 8.38 Å². The molecule has 3 rings (SSSR count). The zero-order valence-corrected chi connectivity index (χ0v) is 14.7. The van der Waals surface area contributed by atoms with Crippen LogP contribution in [0.3, 0.4) is 0 Å². The highest BCUT2D eigenvalue weighted by molar-refractivity contribution is 7.44. The van der Waals surface area contributed by atoms with Crippen LogP contribution in [0.2, 0.25) is 0 Å². The van der Waals surface area contributed by atoms with E-state index in [1.54, 1.807) is 20.3 Å². The number of methoxy groups -OCH3 is 2. The number of nitrogens with zero attached hydrogens (tertiary/aromatic N) is 2. The maximum absolute atomic E-state index is 9.09. The van der Waals surface area contributed by atoms with E-state index in [4.69, 9.17) is 19.3 Å². The molecule has 1 heterocycles. The summed E-state index contributed by atoms with van der Waals surface area (Å²) in [6.45, 7) is 0. The monoisotopic (exact) mass is 359 g/mol. The summed E-state index contributed by atoms with van der Waals surface area (Å²) < 4.78 is 10.7. The molecule has 25 heavy (non-hydrogen) atoms. The Morgan fingerprint density at radius 2 is 1.68 bits per heavy atom. The van der Waals surface area contributed by atoms with Crippen LogP contribution in [-0.4, -0.2) is 34.0 Å². The molecular formula is C17H18N3O4P. The molecule has 0 bridgehead atoms. The third-order valence-corrected chi connectivity index (χ3v) is 4.33. The summed E-state index contributed by atoms with van der Waals surface area (Å²) in [5, 5.41) is 4.05. The van der Waals surface area contributed by atoms with Crippen molar-refractivity contribution in [3.63, 3.8) is 0 Å². The summed E-state index contributed by atoms with van der Waals surface area (Å²) in [7, 11) is 1.22. The fourth-order valence-corrected chi connectivity index (χ4v) is 3.01. The Balaban J connectivity index is 1.93. The molecule has 0 atom stereocenters. The van der Waals surface area contributed by atoms with Gasteiger partial charge in [-0.15, -0.1) is 0 Å². The number of aromatic nitrogens is 2. The molecule has 0 aliphatic heterocycles. The van der Waals surface area contributed by atoms with Crippen molar-refractivity contribution in [3.8, 4) is 11.5 Å². The van der Waals surface area contributed by atoms with Crippen molar-refractivity contribution in [2.45, 2.75) is 6.16 Å². The number of ether oxygens (including phenoxy) is 2. The van der Waals surface area contributed by atoms with E-state index in [2.05, 4.69) is 15.3 Å². The van der Waals surface area contributed by atoms with Crippen molar-refractivity contribution in [3.05, 3.63) is 48.3 Å². The quantitative estimate of drug-likeness (QED) is 0.582. The summed E-state index contributed by atoms with van der Waals surface area (Å²) >= 11 is 0. The molecule has 0 amide bonds. The van der Waals surface area contributed by atoms with Crippen molar-refractivity contribution in [2.75, 3.05) is 19.5 Å². The minimum atomic E-state index is -1.94. The van der Waals surface area contributed by atoms with Crippen LogP contribution >= 0.6 is 8.38 Å². The highest BCUT2D eigenvalue weighted by atomic mass is 31.2. The number of hydrogen-bond donors (Lipinski definition) is 3. The van der Waals surface area contributed by atoms with E-state index in [0.717, 1.165) is 22.2 Å². The second-order valence-corrected chi connectivity index (χ2v) is 6.36. The van der Waals surface area contributed by atoms with E-state index in [9.17, 15) is 0 Å². The summed E-state index contributed by atoms with van der Waals surface area (Å²) in [4.78, 5) is 26.8. The number of rotatable bonds is 6. The minimum absolute atomic E-state index is 0.253. The van der Waals surface area contributed by atoms with Gasteiger partial charge in [0, 0.05) is 23.3 Å². The number of hydrogen-bond acceptors (Lipinski definition) is 7. The van der Waals surface area contributed by atoms with Crippen molar-refractivity contribution >= 4 is 30.8 Å². The van der Waals surface area contributed by atoms with E-state index in [0.29, 0.717) is 17.3 Å². The van der Waals surface area contributed by atoms with Gasteiger partial charge in [0.15, 0.2) is 19.9 Å². The zero-order valence-electron chi connectivity index (χ0n) is 13.8. The standard InChI is InChI=1S/C17H18N3O4P/c1-23-15-7-13-14(8-16(15)24-2)18-10-19-17(13)20-12-5-3-11(4-6-12)9-25(21)22/h3-8,10,21-22H,9H2,1-2H3,(H,18,19,20). The van der Waals surface area contributed by atoms with Gasteiger partial charge in [0.1, 0.15) is 12.1 Å². The molecule has 130 valence electrons. The molecule has 8 heteroatoms. The fourth-order valence-electron chi connectivity index (χ4n) is 2.48. The Labute approximate surface area is 146 Å². The Hall–Kier alpha value is -2.47. The molecule has 0 fully saturated rings. The number of nitrogens with one attached hydrogen (secondary N) is 1. The molecule has 0 aliphatic carbocycles. The maximum Gasteiger partial charge on any atom is 0.169 e. The van der Waals surface area contributed by atoms with Crippen LogP contribution in [0, 0.1) is 0 Å². The first-order valence-corrected chi connectivity index (χ1v) is 8.92. The Bertz CT molecular complexity index is 872. The minimum Gasteiger partial charge on any atom is -0.493 e. The summed E-state index contributed by atoms with van der Waals surface area (Å²) in [6, 6.07) is 11.0. The van der Waals surface area contributed by atoms with Gasteiger partial charge in [-0.25, -0.2) is 9.97 Å². The molecule has 1 aromatic heterocycles. The van der Waals surface area contributed by atoms with E-state index in [1.807, 2.05) is 30.3 Å². The molecule has 3 aromatic rings. The lowest BCUT2D eigenvalue weighted by molar-refractivity contribution is 0.356. The molecule has 7 nitrogen and oxygen atoms in total. The van der Waals surface area contributed by atoms with E-state index >= 15 is 0 Å². The third-order valence-electron chi connectivity index (χ3n) is 3.68. The number of benzene rings is 2. The first kappa shape index (κ1) is 17.4. The second-order valence-electron chi connectivity index (χ2n) is 5.30. The van der Waals surface area contributed by atoms with E-state index in [-0.39, 0.29) is 6.16 Å². The molecule has 0 aliphatic rings. The van der Waals surface area contributed by atoms with E-state index in [1.165, 1.54) is 6.33 Å². The Morgan fingerprint density at radius 1 is 1.00 bits per heavy atom.